The maximum Gasteiger partial charge on any atom is 0.164 e. The molecule has 0 spiro atoms. The van der Waals surface area contributed by atoms with Crippen LogP contribution in [0, 0.1) is 11.9 Å². The summed E-state index contributed by atoms with van der Waals surface area (Å²) >= 11 is 5.50. The van der Waals surface area contributed by atoms with E-state index in [1.807, 2.05) is 6.07 Å². The van der Waals surface area contributed by atoms with Crippen molar-refractivity contribution in [2.45, 2.75) is 0 Å². The van der Waals surface area contributed by atoms with Gasteiger partial charge in [-0.3, -0.25) is 0 Å². The first-order valence-corrected chi connectivity index (χ1v) is 5.58. The van der Waals surface area contributed by atoms with Gasteiger partial charge < -0.3 is 9.72 Å². The molecule has 0 saturated heterocycles. The van der Waals surface area contributed by atoms with Crippen LogP contribution in [0.15, 0.2) is 36.7 Å². The van der Waals surface area contributed by atoms with Crippen LogP contribution in [0.2, 0.25) is 5.15 Å². The van der Waals surface area contributed by atoms with Crippen molar-refractivity contribution in [1.29, 1.82) is 0 Å². The summed E-state index contributed by atoms with van der Waals surface area (Å²) < 4.78 is 18.7. The molecule has 0 aliphatic heterocycles. The summed E-state index contributed by atoms with van der Waals surface area (Å²) in [6.45, 7) is 0. The van der Waals surface area contributed by atoms with Gasteiger partial charge in [-0.2, -0.15) is 0 Å². The average Bonchev–Trinajstić information content (AvgIpc) is 2.81. The number of nitrogens with zero attached hydrogens (tertiary/aromatic N) is 1. The van der Waals surface area contributed by atoms with Gasteiger partial charge in [-0.1, -0.05) is 11.6 Å². The van der Waals surface area contributed by atoms with E-state index in [9.17, 15) is 4.39 Å². The van der Waals surface area contributed by atoms with E-state index in [0.717, 1.165) is 10.9 Å². The molecule has 0 aliphatic carbocycles. The monoisotopic (exact) mass is 261 g/mol. The summed E-state index contributed by atoms with van der Waals surface area (Å²) in [7, 11) is 0. The minimum Gasteiger partial charge on any atom is -0.456 e. The van der Waals surface area contributed by atoms with Gasteiger partial charge in [0.15, 0.2) is 11.0 Å². The molecule has 89 valence electrons. The molecule has 0 bridgehead atoms. The molecule has 1 N–H and O–H groups in total. The number of nitrogens with one attached hydrogen (secondary N) is 1. The molecule has 0 fully saturated rings. The van der Waals surface area contributed by atoms with Crippen LogP contribution in [0.1, 0.15) is 0 Å². The number of hydrogen-bond donors (Lipinski definition) is 1. The topological polar surface area (TPSA) is 37.9 Å². The minimum atomic E-state index is -0.608. The average molecular weight is 262 g/mol. The molecule has 3 nitrogen and oxygen atoms in total. The normalized spacial score (nSPS) is 10.8. The Morgan fingerprint density at radius 1 is 1.28 bits per heavy atom. The Morgan fingerprint density at radius 3 is 3.00 bits per heavy atom. The molecule has 2 aromatic heterocycles. The third-order valence-corrected chi connectivity index (χ3v) is 2.73. The first-order valence-electron chi connectivity index (χ1n) is 5.20. The molecular formula is C13H7ClFN2O. The number of ether oxygens (including phenoxy) is 1. The Kier molecular flexibility index (Phi) is 2.64. The fourth-order valence-corrected chi connectivity index (χ4v) is 1.72. The lowest BCUT2D eigenvalue weighted by Gasteiger charge is -2.05. The zero-order valence-corrected chi connectivity index (χ0v) is 9.83. The summed E-state index contributed by atoms with van der Waals surface area (Å²) in [5.41, 5.74) is 0.898. The molecule has 3 rings (SSSR count). The van der Waals surface area contributed by atoms with Crippen LogP contribution in [0.25, 0.3) is 10.9 Å². The molecule has 0 amide bonds. The molecule has 2 heterocycles. The third-order valence-electron chi connectivity index (χ3n) is 2.45. The zero-order chi connectivity index (χ0) is 12.5. The lowest BCUT2D eigenvalue weighted by Crippen LogP contribution is -1.88. The molecule has 1 radical (unpaired) electrons. The zero-order valence-electron chi connectivity index (χ0n) is 9.08. The van der Waals surface area contributed by atoms with Gasteiger partial charge in [0.2, 0.25) is 0 Å². The van der Waals surface area contributed by atoms with Crippen LogP contribution in [-0.2, 0) is 0 Å². The number of pyridine rings is 1. The molecule has 0 atom stereocenters. The van der Waals surface area contributed by atoms with Crippen molar-refractivity contribution in [3.63, 3.8) is 0 Å². The molecule has 18 heavy (non-hydrogen) atoms. The number of benzene rings is 1. The number of fused-ring (bicyclic) bond motifs is 1. The Morgan fingerprint density at radius 2 is 2.17 bits per heavy atom. The number of halogens is 2. The fraction of sp³-hybridized carbons (Fsp3) is 0. The van der Waals surface area contributed by atoms with Crippen LogP contribution in [0.4, 0.5) is 4.39 Å². The van der Waals surface area contributed by atoms with Crippen LogP contribution in [0.5, 0.6) is 11.5 Å². The standard InChI is InChI=1S/C13H7ClFN2O/c14-13-11(15)5-10(7-17-13)18-9-2-1-8-3-4-16-12(8)6-9/h1-2,4-7,16H. The highest BCUT2D eigenvalue weighted by molar-refractivity contribution is 6.29. The smallest absolute Gasteiger partial charge is 0.164 e. The van der Waals surface area contributed by atoms with Gasteiger partial charge in [-0.15, -0.1) is 0 Å². The van der Waals surface area contributed by atoms with Crippen LogP contribution >= 0.6 is 11.6 Å². The second-order valence-corrected chi connectivity index (χ2v) is 4.04. The van der Waals surface area contributed by atoms with Crippen molar-refractivity contribution in [3.05, 3.63) is 53.7 Å². The Hall–Kier alpha value is -2.07. The van der Waals surface area contributed by atoms with Gasteiger partial charge in [-0.25, -0.2) is 9.37 Å². The van der Waals surface area contributed by atoms with Crippen LogP contribution < -0.4 is 4.74 Å². The quantitative estimate of drug-likeness (QED) is 0.710. The maximum absolute atomic E-state index is 13.2. The third kappa shape index (κ3) is 2.02. The summed E-state index contributed by atoms with van der Waals surface area (Å²) in [5, 5.41) is 0.791. The van der Waals surface area contributed by atoms with Gasteiger partial charge in [0.25, 0.3) is 0 Å². The molecule has 0 aliphatic rings. The number of H-pyrrole nitrogens is 1. The summed E-state index contributed by atoms with van der Waals surface area (Å²) in [6, 6.07) is 9.66. The Bertz CT molecular complexity index is 711. The first kappa shape index (κ1) is 11.0. The molecule has 0 unspecified atom stereocenters. The lowest BCUT2D eigenvalue weighted by atomic mass is 10.2. The van der Waals surface area contributed by atoms with Gasteiger partial charge >= 0.3 is 0 Å². The summed E-state index contributed by atoms with van der Waals surface area (Å²) in [6.07, 6.45) is 3.09. The molecule has 0 saturated carbocycles. The maximum atomic E-state index is 13.2. The highest BCUT2D eigenvalue weighted by atomic mass is 35.5. The van der Waals surface area contributed by atoms with Crippen molar-refractivity contribution in [2.24, 2.45) is 0 Å². The van der Waals surface area contributed by atoms with Crippen molar-refractivity contribution >= 4 is 22.5 Å². The van der Waals surface area contributed by atoms with Gasteiger partial charge in [0.05, 0.1) is 6.20 Å². The first-order chi connectivity index (χ1) is 8.72. The van der Waals surface area contributed by atoms with E-state index in [4.69, 9.17) is 16.3 Å². The van der Waals surface area contributed by atoms with Gasteiger partial charge in [0.1, 0.15) is 11.5 Å². The predicted octanol–water partition coefficient (Wildman–Crippen LogP) is 3.95. The van der Waals surface area contributed by atoms with Crippen LogP contribution in [0.3, 0.4) is 0 Å². The van der Waals surface area contributed by atoms with Crippen molar-refractivity contribution in [1.82, 2.24) is 9.97 Å². The van der Waals surface area contributed by atoms with E-state index in [0.29, 0.717) is 11.5 Å². The largest absolute Gasteiger partial charge is 0.456 e. The second kappa shape index (κ2) is 4.31. The number of rotatable bonds is 2. The van der Waals surface area contributed by atoms with E-state index in [1.54, 1.807) is 18.3 Å². The number of aromatic nitrogens is 2. The van der Waals surface area contributed by atoms with Crippen molar-refractivity contribution in [3.8, 4) is 11.5 Å². The highest BCUT2D eigenvalue weighted by Gasteiger charge is 2.05. The predicted molar refractivity (Wildman–Crippen MR) is 66.4 cm³/mol. The van der Waals surface area contributed by atoms with E-state index in [-0.39, 0.29) is 5.15 Å². The molecule has 5 heteroatoms. The summed E-state index contributed by atoms with van der Waals surface area (Å²) in [4.78, 5) is 6.70. The van der Waals surface area contributed by atoms with E-state index >= 15 is 0 Å². The molecular weight excluding hydrogens is 255 g/mol. The van der Waals surface area contributed by atoms with E-state index < -0.39 is 5.82 Å². The van der Waals surface area contributed by atoms with Crippen molar-refractivity contribution < 1.29 is 9.13 Å². The minimum absolute atomic E-state index is 0.170. The van der Waals surface area contributed by atoms with Gasteiger partial charge in [0, 0.05) is 35.3 Å². The molecule has 1 aromatic carbocycles. The Labute approximate surface area is 107 Å². The number of aromatic amines is 1. The molecule has 3 aromatic rings. The van der Waals surface area contributed by atoms with E-state index in [1.165, 1.54) is 12.3 Å². The SMILES string of the molecule is Fc1cc(Oc2ccc3[c]c[nH]c3c2)cnc1Cl. The van der Waals surface area contributed by atoms with Crippen LogP contribution in [-0.4, -0.2) is 9.97 Å². The fourth-order valence-electron chi connectivity index (χ4n) is 1.62. The number of hydrogen-bond acceptors (Lipinski definition) is 2. The second-order valence-electron chi connectivity index (χ2n) is 3.69. The van der Waals surface area contributed by atoms with E-state index in [2.05, 4.69) is 16.0 Å². The lowest BCUT2D eigenvalue weighted by molar-refractivity contribution is 0.474. The summed E-state index contributed by atoms with van der Waals surface area (Å²) in [5.74, 6) is 0.275. The van der Waals surface area contributed by atoms with Crippen molar-refractivity contribution in [2.75, 3.05) is 0 Å². The highest BCUT2D eigenvalue weighted by Crippen LogP contribution is 2.26. The van der Waals surface area contributed by atoms with Gasteiger partial charge in [-0.05, 0) is 12.1 Å². The Balaban J connectivity index is 1.92.